The molecular formula is C29H33N5O4. The Morgan fingerprint density at radius 2 is 1.82 bits per heavy atom. The zero-order valence-electron chi connectivity index (χ0n) is 22.0. The normalized spacial score (nSPS) is 24.2. The molecule has 3 heterocycles. The van der Waals surface area contributed by atoms with Crippen LogP contribution in [-0.4, -0.2) is 40.2 Å². The first-order valence-electron chi connectivity index (χ1n) is 13.4. The van der Waals surface area contributed by atoms with Crippen LogP contribution in [0.2, 0.25) is 0 Å². The van der Waals surface area contributed by atoms with E-state index in [0.717, 1.165) is 42.4 Å². The number of aromatic nitrogens is 3. The van der Waals surface area contributed by atoms with Gasteiger partial charge in [-0.05, 0) is 65.5 Å². The molecule has 9 nitrogen and oxygen atoms in total. The summed E-state index contributed by atoms with van der Waals surface area (Å²) in [5.41, 5.74) is 4.06. The lowest BCUT2D eigenvalue weighted by Gasteiger charge is -2.19. The highest BCUT2D eigenvalue weighted by atomic mass is 16.5. The van der Waals surface area contributed by atoms with Crippen molar-refractivity contribution in [2.24, 2.45) is 17.8 Å². The van der Waals surface area contributed by atoms with Gasteiger partial charge in [-0.15, -0.1) is 0 Å². The molecule has 2 aliphatic carbocycles. The molecule has 0 unspecified atom stereocenters. The zero-order valence-corrected chi connectivity index (χ0v) is 22.0. The fraction of sp³-hybridized carbons (Fsp3) is 0.483. The molecule has 2 fully saturated rings. The number of benzene rings is 1. The van der Waals surface area contributed by atoms with Crippen LogP contribution in [0.5, 0.6) is 0 Å². The van der Waals surface area contributed by atoms with E-state index < -0.39 is 0 Å². The highest BCUT2D eigenvalue weighted by molar-refractivity contribution is 5.94. The molecule has 3 atom stereocenters. The fourth-order valence-electron chi connectivity index (χ4n) is 5.67. The number of anilines is 1. The second-order valence-electron chi connectivity index (χ2n) is 11.7. The van der Waals surface area contributed by atoms with Crippen molar-refractivity contribution in [2.45, 2.75) is 57.9 Å². The highest BCUT2D eigenvalue weighted by Gasteiger charge is 2.58. The molecule has 6 rings (SSSR count). The molecule has 0 radical (unpaired) electrons. The van der Waals surface area contributed by atoms with Crippen LogP contribution >= 0.6 is 0 Å². The van der Waals surface area contributed by atoms with Crippen LogP contribution in [0.3, 0.4) is 0 Å². The summed E-state index contributed by atoms with van der Waals surface area (Å²) in [7, 11) is 0. The molecular weight excluding hydrogens is 482 g/mol. The third-order valence-electron chi connectivity index (χ3n) is 7.90. The Bertz CT molecular complexity index is 1370. The first kappa shape index (κ1) is 24.7. The van der Waals surface area contributed by atoms with Crippen LogP contribution in [0.25, 0.3) is 11.1 Å². The third kappa shape index (κ3) is 4.82. The molecule has 3 aliphatic rings. The van der Waals surface area contributed by atoms with E-state index >= 15 is 0 Å². The number of ether oxygens (including phenoxy) is 1. The summed E-state index contributed by atoms with van der Waals surface area (Å²) in [5.74, 6) is 1.50. The first-order chi connectivity index (χ1) is 18.3. The molecule has 0 spiro atoms. The smallest absolute Gasteiger partial charge is 0.315 e. The van der Waals surface area contributed by atoms with Crippen molar-refractivity contribution in [2.75, 3.05) is 18.5 Å². The van der Waals surface area contributed by atoms with Crippen LogP contribution in [0.1, 0.15) is 73.7 Å². The molecule has 9 heteroatoms. The Morgan fingerprint density at radius 1 is 1.03 bits per heavy atom. The van der Waals surface area contributed by atoms with Gasteiger partial charge in [-0.25, -0.2) is 4.98 Å². The van der Waals surface area contributed by atoms with Gasteiger partial charge in [-0.1, -0.05) is 50.5 Å². The topological polar surface area (TPSA) is 119 Å². The van der Waals surface area contributed by atoms with Crippen LogP contribution in [0, 0.1) is 17.8 Å². The van der Waals surface area contributed by atoms with Gasteiger partial charge in [0.1, 0.15) is 5.82 Å². The highest BCUT2D eigenvalue weighted by Crippen LogP contribution is 2.51. The number of carbonyl (C=O) groups is 2. The van der Waals surface area contributed by atoms with Gasteiger partial charge in [0.2, 0.25) is 5.91 Å². The maximum atomic E-state index is 12.9. The lowest BCUT2D eigenvalue weighted by atomic mass is 9.94. The molecule has 2 amide bonds. The fourth-order valence-corrected chi connectivity index (χ4v) is 5.67. The molecule has 2 N–H and O–H groups in total. The summed E-state index contributed by atoms with van der Waals surface area (Å²) in [6, 6.07) is 10.1. The second kappa shape index (κ2) is 9.62. The number of nitrogens with one attached hydrogen (secondary N) is 2. The number of carbonyl (C=O) groups excluding carboxylic acids is 2. The summed E-state index contributed by atoms with van der Waals surface area (Å²) >= 11 is 0. The predicted molar refractivity (Wildman–Crippen MR) is 140 cm³/mol. The zero-order chi connectivity index (χ0) is 26.4. The standard InChI is InChI=1S/C29H33N5O4/c1-29(2,3)28-33-27(38-34-28)26(36)31-22-7-5-4-6-18-12-16(8-9-19(18)22)17-10-11-30-23(13-17)32-25(35)24-20-14-37-15-21(20)24/h8-13,20-22,24H,4-7,14-15H2,1-3H3,(H,31,36)(H,30,32,35)/t20-,21-,22-/m0/s1. The van der Waals surface area contributed by atoms with Gasteiger partial charge < -0.3 is 19.9 Å². The number of nitrogens with zero attached hydrogens (tertiary/aromatic N) is 3. The van der Waals surface area contributed by atoms with E-state index in [2.05, 4.69) is 44.0 Å². The Hall–Kier alpha value is -3.59. The SMILES string of the molecule is CC(C)(C)c1noc(C(=O)N[C@H]2CCCCc3cc(-c4ccnc(NC(=O)C5[C@H]6COC[C@H]56)c4)ccc32)n1. The number of amides is 2. The van der Waals surface area contributed by atoms with Crippen molar-refractivity contribution >= 4 is 17.6 Å². The van der Waals surface area contributed by atoms with E-state index in [1.54, 1.807) is 6.20 Å². The van der Waals surface area contributed by atoms with Crippen LogP contribution in [0.15, 0.2) is 41.1 Å². The number of rotatable bonds is 5. The maximum Gasteiger partial charge on any atom is 0.315 e. The molecule has 3 aromatic rings. The van der Waals surface area contributed by atoms with Crippen molar-refractivity contribution in [3.05, 3.63) is 59.4 Å². The van der Waals surface area contributed by atoms with Crippen LogP contribution in [0.4, 0.5) is 5.82 Å². The van der Waals surface area contributed by atoms with Crippen molar-refractivity contribution < 1.29 is 18.8 Å². The van der Waals surface area contributed by atoms with Gasteiger partial charge in [0.15, 0.2) is 5.82 Å². The minimum absolute atomic E-state index is 0.00828. The van der Waals surface area contributed by atoms with Crippen molar-refractivity contribution in [3.63, 3.8) is 0 Å². The van der Waals surface area contributed by atoms with Gasteiger partial charge >= 0.3 is 11.8 Å². The molecule has 2 aromatic heterocycles. The minimum Gasteiger partial charge on any atom is -0.381 e. The Labute approximate surface area is 221 Å². The van der Waals surface area contributed by atoms with Gasteiger partial charge in [0.25, 0.3) is 0 Å². The van der Waals surface area contributed by atoms with E-state index in [1.807, 2.05) is 32.9 Å². The van der Waals surface area contributed by atoms with Gasteiger partial charge in [-0.3, -0.25) is 9.59 Å². The third-order valence-corrected chi connectivity index (χ3v) is 7.90. The molecule has 0 bridgehead atoms. The summed E-state index contributed by atoms with van der Waals surface area (Å²) in [4.78, 5) is 34.3. The molecule has 1 aliphatic heterocycles. The molecule has 198 valence electrons. The van der Waals surface area contributed by atoms with Crippen molar-refractivity contribution in [1.82, 2.24) is 20.4 Å². The monoisotopic (exact) mass is 515 g/mol. The summed E-state index contributed by atoms with van der Waals surface area (Å²) < 4.78 is 10.7. The number of hydrogen-bond acceptors (Lipinski definition) is 7. The van der Waals surface area contributed by atoms with Gasteiger partial charge in [0.05, 0.1) is 19.3 Å². The molecule has 1 aromatic carbocycles. The Kier molecular flexibility index (Phi) is 6.26. The van der Waals surface area contributed by atoms with Crippen molar-refractivity contribution in [3.8, 4) is 11.1 Å². The lowest BCUT2D eigenvalue weighted by molar-refractivity contribution is -0.118. The van der Waals surface area contributed by atoms with E-state index in [-0.39, 0.29) is 35.1 Å². The predicted octanol–water partition coefficient (Wildman–Crippen LogP) is 4.46. The summed E-state index contributed by atoms with van der Waals surface area (Å²) in [6.07, 6.45) is 5.56. The largest absolute Gasteiger partial charge is 0.381 e. The van der Waals surface area contributed by atoms with E-state index in [1.165, 1.54) is 5.56 Å². The second-order valence-corrected chi connectivity index (χ2v) is 11.7. The maximum absolute atomic E-state index is 12.9. The van der Waals surface area contributed by atoms with Crippen molar-refractivity contribution in [1.29, 1.82) is 0 Å². The minimum atomic E-state index is -0.351. The van der Waals surface area contributed by atoms with Crippen LogP contribution < -0.4 is 10.6 Å². The average molecular weight is 516 g/mol. The summed E-state index contributed by atoms with van der Waals surface area (Å²) in [6.45, 7) is 7.29. The average Bonchev–Trinajstić information content (AvgIpc) is 3.19. The number of fused-ring (bicyclic) bond motifs is 2. The molecule has 1 saturated heterocycles. The van der Waals surface area contributed by atoms with Gasteiger partial charge in [-0.2, -0.15) is 4.98 Å². The first-order valence-corrected chi connectivity index (χ1v) is 13.4. The summed E-state index contributed by atoms with van der Waals surface area (Å²) in [5, 5.41) is 10.1. The van der Waals surface area contributed by atoms with Gasteiger partial charge in [0, 0.05) is 17.5 Å². The molecule has 1 saturated carbocycles. The Balaban J connectivity index is 1.18. The van der Waals surface area contributed by atoms with E-state index in [0.29, 0.717) is 36.7 Å². The quantitative estimate of drug-likeness (QED) is 0.482. The van der Waals surface area contributed by atoms with Crippen LogP contribution in [-0.2, 0) is 21.4 Å². The molecule has 38 heavy (non-hydrogen) atoms. The number of pyridine rings is 1. The number of hydrogen-bond donors (Lipinski definition) is 2. The Morgan fingerprint density at radius 3 is 2.58 bits per heavy atom. The van der Waals surface area contributed by atoms with E-state index in [9.17, 15) is 9.59 Å². The number of aryl methyl sites for hydroxylation is 1. The lowest BCUT2D eigenvalue weighted by Crippen LogP contribution is -2.29. The van der Waals surface area contributed by atoms with E-state index in [4.69, 9.17) is 9.26 Å².